The quantitative estimate of drug-likeness (QED) is 0.544. The van der Waals surface area contributed by atoms with Crippen LogP contribution in [0.3, 0.4) is 0 Å². The lowest BCUT2D eigenvalue weighted by molar-refractivity contribution is -0.123. The molecule has 3 aromatic carbocycles. The molecule has 154 valence electrons. The molecule has 1 amide bonds. The van der Waals surface area contributed by atoms with E-state index < -0.39 is 21.1 Å². The predicted molar refractivity (Wildman–Crippen MR) is 117 cm³/mol. The van der Waals surface area contributed by atoms with E-state index >= 15 is 0 Å². The van der Waals surface area contributed by atoms with Crippen molar-refractivity contribution in [1.82, 2.24) is 0 Å². The number of carbonyl (C=O) groups is 1. The Bertz CT molecular complexity index is 1110. The Kier molecular flexibility index (Phi) is 5.59. The first-order valence-electron chi connectivity index (χ1n) is 9.79. The zero-order valence-corrected chi connectivity index (χ0v) is 17.5. The van der Waals surface area contributed by atoms with Crippen LogP contribution in [0.1, 0.15) is 17.2 Å². The number of amides is 1. The van der Waals surface area contributed by atoms with Crippen LogP contribution in [0.25, 0.3) is 0 Å². The SMILES string of the molecule is COc1ccc([C@@H]2C(S(=O)(=O)CCc3ccccc3)C(=O)N2c2ccccc2)cc1. The van der Waals surface area contributed by atoms with Gasteiger partial charge in [-0.2, -0.15) is 0 Å². The maximum absolute atomic E-state index is 13.2. The van der Waals surface area contributed by atoms with Crippen molar-refractivity contribution < 1.29 is 17.9 Å². The molecule has 2 atom stereocenters. The monoisotopic (exact) mass is 421 g/mol. The predicted octanol–water partition coefficient (Wildman–Crippen LogP) is 3.81. The summed E-state index contributed by atoms with van der Waals surface area (Å²) >= 11 is 0. The molecule has 1 saturated heterocycles. The summed E-state index contributed by atoms with van der Waals surface area (Å²) in [6.07, 6.45) is 0.383. The number of sulfone groups is 1. The van der Waals surface area contributed by atoms with Crippen LogP contribution in [-0.4, -0.2) is 32.4 Å². The number of hydrogen-bond acceptors (Lipinski definition) is 4. The molecular weight excluding hydrogens is 398 g/mol. The first-order valence-corrected chi connectivity index (χ1v) is 11.5. The third-order valence-electron chi connectivity index (χ3n) is 5.44. The van der Waals surface area contributed by atoms with E-state index in [1.165, 1.54) is 0 Å². The third-order valence-corrected chi connectivity index (χ3v) is 7.45. The Labute approximate surface area is 176 Å². The van der Waals surface area contributed by atoms with E-state index in [-0.39, 0.29) is 11.7 Å². The number of rotatable bonds is 7. The highest BCUT2D eigenvalue weighted by Gasteiger charge is 2.55. The molecule has 1 fully saturated rings. The van der Waals surface area contributed by atoms with Crippen LogP contribution in [0.5, 0.6) is 5.75 Å². The summed E-state index contributed by atoms with van der Waals surface area (Å²) in [5.74, 6) is 0.233. The first-order chi connectivity index (χ1) is 14.5. The highest BCUT2D eigenvalue weighted by molar-refractivity contribution is 7.93. The van der Waals surface area contributed by atoms with Crippen molar-refractivity contribution in [1.29, 1.82) is 0 Å². The van der Waals surface area contributed by atoms with Gasteiger partial charge in [0.2, 0.25) is 5.91 Å². The summed E-state index contributed by atoms with van der Waals surface area (Å²) in [4.78, 5) is 14.6. The second-order valence-electron chi connectivity index (χ2n) is 7.28. The minimum Gasteiger partial charge on any atom is -0.497 e. The van der Waals surface area contributed by atoms with Gasteiger partial charge in [0.1, 0.15) is 5.75 Å². The zero-order valence-electron chi connectivity index (χ0n) is 16.6. The van der Waals surface area contributed by atoms with Crippen molar-refractivity contribution >= 4 is 21.4 Å². The third kappa shape index (κ3) is 3.83. The fourth-order valence-corrected chi connectivity index (χ4v) is 5.71. The molecule has 0 aliphatic carbocycles. The molecular formula is C24H23NO4S. The van der Waals surface area contributed by atoms with Crippen molar-refractivity contribution in [3.05, 3.63) is 96.1 Å². The molecule has 0 N–H and O–H groups in total. The number of benzene rings is 3. The topological polar surface area (TPSA) is 63.7 Å². The average Bonchev–Trinajstić information content (AvgIpc) is 2.77. The highest BCUT2D eigenvalue weighted by atomic mass is 32.2. The molecule has 1 unspecified atom stereocenters. The second-order valence-corrected chi connectivity index (χ2v) is 9.53. The summed E-state index contributed by atoms with van der Waals surface area (Å²) in [5.41, 5.74) is 2.40. The lowest BCUT2D eigenvalue weighted by Crippen LogP contribution is -2.62. The standard InChI is InChI=1S/C24H23NO4S/c1-29-21-14-12-19(13-15-21)22-23(24(26)25(22)20-10-6-3-7-11-20)30(27,28)17-16-18-8-4-2-5-9-18/h2-15,22-23H,16-17H2,1H3/t22-,23?/m1/s1. The maximum Gasteiger partial charge on any atom is 0.248 e. The minimum atomic E-state index is -3.65. The number of methoxy groups -OCH3 is 1. The molecule has 30 heavy (non-hydrogen) atoms. The molecule has 0 spiro atoms. The lowest BCUT2D eigenvalue weighted by atomic mass is 9.92. The number of aryl methyl sites for hydroxylation is 1. The molecule has 3 aromatic rings. The van der Waals surface area contributed by atoms with Gasteiger partial charge < -0.3 is 9.64 Å². The van der Waals surface area contributed by atoms with Crippen LogP contribution in [0.15, 0.2) is 84.9 Å². The van der Waals surface area contributed by atoms with Gasteiger partial charge in [-0.3, -0.25) is 4.79 Å². The van der Waals surface area contributed by atoms with E-state index in [1.807, 2.05) is 72.8 Å². The largest absolute Gasteiger partial charge is 0.497 e. The van der Waals surface area contributed by atoms with E-state index in [1.54, 1.807) is 24.1 Å². The summed E-state index contributed by atoms with van der Waals surface area (Å²) in [6.45, 7) is 0. The first kappa shape index (κ1) is 20.2. The maximum atomic E-state index is 13.2. The van der Waals surface area contributed by atoms with Gasteiger partial charge in [-0.25, -0.2) is 8.42 Å². The fourth-order valence-electron chi connectivity index (χ4n) is 3.85. The molecule has 0 bridgehead atoms. The van der Waals surface area contributed by atoms with Crippen LogP contribution in [0.2, 0.25) is 0 Å². The van der Waals surface area contributed by atoms with E-state index in [9.17, 15) is 13.2 Å². The number of anilines is 1. The molecule has 4 rings (SSSR count). The molecule has 1 heterocycles. The van der Waals surface area contributed by atoms with Crippen molar-refractivity contribution in [3.8, 4) is 5.75 Å². The number of ether oxygens (including phenoxy) is 1. The van der Waals surface area contributed by atoms with Gasteiger partial charge in [-0.05, 0) is 41.8 Å². The summed E-state index contributed by atoms with van der Waals surface area (Å²) in [5, 5.41) is -1.09. The normalized spacial score (nSPS) is 18.7. The van der Waals surface area contributed by atoms with Crippen molar-refractivity contribution in [2.24, 2.45) is 0 Å². The molecule has 1 aliphatic rings. The molecule has 6 heteroatoms. The van der Waals surface area contributed by atoms with Gasteiger partial charge in [0, 0.05) is 5.69 Å². The van der Waals surface area contributed by atoms with E-state index in [0.29, 0.717) is 17.9 Å². The number of carbonyl (C=O) groups excluding carboxylic acids is 1. The lowest BCUT2D eigenvalue weighted by Gasteiger charge is -2.46. The zero-order chi connectivity index (χ0) is 21.1. The average molecular weight is 422 g/mol. The molecule has 0 aromatic heterocycles. The van der Waals surface area contributed by atoms with Crippen molar-refractivity contribution in [2.45, 2.75) is 17.7 Å². The number of para-hydroxylation sites is 1. The van der Waals surface area contributed by atoms with Gasteiger partial charge in [-0.1, -0.05) is 60.7 Å². The molecule has 0 radical (unpaired) electrons. The number of β-lactam (4-membered cyclic amide) rings is 1. The highest BCUT2D eigenvalue weighted by Crippen LogP contribution is 2.43. The van der Waals surface area contributed by atoms with Crippen LogP contribution in [0, 0.1) is 0 Å². The summed E-state index contributed by atoms with van der Waals surface area (Å²) in [7, 11) is -2.07. The Morgan fingerprint density at radius 3 is 2.07 bits per heavy atom. The van der Waals surface area contributed by atoms with Gasteiger partial charge in [0.15, 0.2) is 15.1 Å². The van der Waals surface area contributed by atoms with Gasteiger partial charge in [0.05, 0.1) is 18.9 Å². The number of hydrogen-bond donors (Lipinski definition) is 0. The molecule has 5 nitrogen and oxygen atoms in total. The van der Waals surface area contributed by atoms with Gasteiger partial charge in [-0.15, -0.1) is 0 Å². The second kappa shape index (κ2) is 8.32. The van der Waals surface area contributed by atoms with E-state index in [2.05, 4.69) is 0 Å². The minimum absolute atomic E-state index is 0.0668. The van der Waals surface area contributed by atoms with Crippen LogP contribution < -0.4 is 9.64 Å². The Morgan fingerprint density at radius 1 is 0.867 bits per heavy atom. The molecule has 1 aliphatic heterocycles. The number of nitrogens with zero attached hydrogens (tertiary/aromatic N) is 1. The fraction of sp³-hybridized carbons (Fsp3) is 0.208. The van der Waals surface area contributed by atoms with Crippen LogP contribution in [-0.2, 0) is 21.1 Å². The van der Waals surface area contributed by atoms with Gasteiger partial charge >= 0.3 is 0 Å². The van der Waals surface area contributed by atoms with Crippen LogP contribution >= 0.6 is 0 Å². The van der Waals surface area contributed by atoms with Crippen molar-refractivity contribution in [3.63, 3.8) is 0 Å². The molecule has 0 saturated carbocycles. The summed E-state index contributed by atoms with van der Waals surface area (Å²) in [6, 6.07) is 25.3. The van der Waals surface area contributed by atoms with E-state index in [0.717, 1.165) is 11.1 Å². The Balaban J connectivity index is 1.65. The van der Waals surface area contributed by atoms with Gasteiger partial charge in [0.25, 0.3) is 0 Å². The Hall–Kier alpha value is -3.12. The van der Waals surface area contributed by atoms with E-state index in [4.69, 9.17) is 4.74 Å². The smallest absolute Gasteiger partial charge is 0.248 e. The van der Waals surface area contributed by atoms with Crippen LogP contribution in [0.4, 0.5) is 5.69 Å². The Morgan fingerprint density at radius 2 is 1.47 bits per heavy atom. The summed E-state index contributed by atoms with van der Waals surface area (Å²) < 4.78 is 31.6. The van der Waals surface area contributed by atoms with Crippen molar-refractivity contribution in [2.75, 3.05) is 17.8 Å².